The fourth-order valence-corrected chi connectivity index (χ4v) is 4.15. The van der Waals surface area contributed by atoms with E-state index >= 15 is 0 Å². The highest BCUT2D eigenvalue weighted by atomic mass is 15.1. The number of rotatable bonds is 0. The van der Waals surface area contributed by atoms with Gasteiger partial charge in [-0.05, 0) is 36.8 Å². The van der Waals surface area contributed by atoms with Gasteiger partial charge in [0.05, 0.1) is 0 Å². The van der Waals surface area contributed by atoms with Crippen LogP contribution in [-0.2, 0) is 5.54 Å². The Morgan fingerprint density at radius 2 is 1.82 bits per heavy atom. The second-order valence-electron chi connectivity index (χ2n) is 5.99. The van der Waals surface area contributed by atoms with E-state index in [9.17, 15) is 0 Å². The smallest absolute Gasteiger partial charge is 0.0448 e. The maximum absolute atomic E-state index is 4.01. The molecule has 1 aromatic carbocycles. The van der Waals surface area contributed by atoms with Crippen molar-refractivity contribution >= 4 is 6.08 Å². The maximum atomic E-state index is 4.01. The molecular formula is C16H19N. The zero-order valence-electron chi connectivity index (χ0n) is 10.2. The van der Waals surface area contributed by atoms with Crippen molar-refractivity contribution in [3.05, 3.63) is 41.5 Å². The lowest BCUT2D eigenvalue weighted by Crippen LogP contribution is -2.45. The zero-order chi connectivity index (χ0) is 11.3. The topological polar surface area (TPSA) is 12.0 Å². The summed E-state index contributed by atoms with van der Waals surface area (Å²) in [5, 5.41) is 4.01. The fraction of sp³-hybridized carbons (Fsp3) is 0.500. The molecule has 1 nitrogen and oxygen atoms in total. The largest absolute Gasteiger partial charge is 0.298 e. The van der Waals surface area contributed by atoms with Gasteiger partial charge in [-0.15, -0.1) is 0 Å². The van der Waals surface area contributed by atoms with Gasteiger partial charge in [-0.1, -0.05) is 49.3 Å². The van der Waals surface area contributed by atoms with E-state index in [4.69, 9.17) is 0 Å². The molecule has 1 heteroatoms. The summed E-state index contributed by atoms with van der Waals surface area (Å²) in [7, 11) is 0. The third-order valence-electron chi connectivity index (χ3n) is 5.02. The molecule has 17 heavy (non-hydrogen) atoms. The van der Waals surface area contributed by atoms with Gasteiger partial charge in [0.25, 0.3) is 0 Å². The summed E-state index contributed by atoms with van der Waals surface area (Å²) in [6, 6.07) is 8.96. The van der Waals surface area contributed by atoms with Crippen molar-refractivity contribution in [2.24, 2.45) is 0 Å². The number of hydrogen-bond acceptors (Lipinski definition) is 1. The second-order valence-corrected chi connectivity index (χ2v) is 5.99. The van der Waals surface area contributed by atoms with E-state index in [1.807, 2.05) is 0 Å². The molecule has 0 amide bonds. The molecule has 2 bridgehead atoms. The molecule has 0 saturated carbocycles. The molecule has 2 fully saturated rings. The van der Waals surface area contributed by atoms with E-state index in [2.05, 4.69) is 41.7 Å². The summed E-state index contributed by atoms with van der Waals surface area (Å²) in [6.45, 7) is 0. The number of hydrogen-bond donors (Lipinski definition) is 1. The normalized spacial score (nSPS) is 38.4. The Morgan fingerprint density at radius 1 is 0.941 bits per heavy atom. The average molecular weight is 225 g/mol. The first kappa shape index (κ1) is 9.90. The minimum atomic E-state index is 0.274. The van der Waals surface area contributed by atoms with Crippen molar-refractivity contribution in [2.75, 3.05) is 0 Å². The van der Waals surface area contributed by atoms with Gasteiger partial charge in [-0.3, -0.25) is 5.32 Å². The summed E-state index contributed by atoms with van der Waals surface area (Å²) in [5.74, 6) is 0. The van der Waals surface area contributed by atoms with Crippen LogP contribution >= 0.6 is 0 Å². The third-order valence-corrected chi connectivity index (χ3v) is 5.02. The molecule has 2 saturated heterocycles. The molecule has 0 aliphatic carbocycles. The van der Waals surface area contributed by atoms with Gasteiger partial charge < -0.3 is 0 Å². The van der Waals surface area contributed by atoms with Crippen molar-refractivity contribution in [2.45, 2.75) is 49.6 Å². The highest BCUT2D eigenvalue weighted by molar-refractivity contribution is 5.60. The van der Waals surface area contributed by atoms with Gasteiger partial charge in [-0.2, -0.15) is 0 Å². The van der Waals surface area contributed by atoms with Crippen LogP contribution in [0, 0.1) is 0 Å². The standard InChI is InChI=1S/C16H19N/c1-2-6-14-13(5-1)7-10-15-8-3-4-9-16(14,17-15)12-11-15/h1-2,5-7,10,17H,3-4,8-9,11-12H2. The second kappa shape index (κ2) is 3.23. The summed E-state index contributed by atoms with van der Waals surface area (Å²) in [5.41, 5.74) is 3.55. The molecule has 88 valence electrons. The molecule has 1 aromatic rings. The Labute approximate surface area is 103 Å². The highest BCUT2D eigenvalue weighted by Crippen LogP contribution is 2.49. The first-order chi connectivity index (χ1) is 8.32. The van der Waals surface area contributed by atoms with E-state index in [1.165, 1.54) is 49.7 Å². The van der Waals surface area contributed by atoms with Gasteiger partial charge in [0.2, 0.25) is 0 Å². The molecule has 2 atom stereocenters. The van der Waals surface area contributed by atoms with Crippen molar-refractivity contribution in [3.8, 4) is 0 Å². The van der Waals surface area contributed by atoms with Crippen molar-refractivity contribution in [3.63, 3.8) is 0 Å². The van der Waals surface area contributed by atoms with Crippen molar-refractivity contribution in [1.29, 1.82) is 0 Å². The lowest BCUT2D eigenvalue weighted by molar-refractivity contribution is 0.337. The van der Waals surface area contributed by atoms with Crippen LogP contribution in [-0.4, -0.2) is 5.54 Å². The molecule has 3 aliphatic heterocycles. The van der Waals surface area contributed by atoms with Crippen LogP contribution in [0.4, 0.5) is 0 Å². The molecule has 3 heterocycles. The van der Waals surface area contributed by atoms with Gasteiger partial charge in [0.15, 0.2) is 0 Å². The third kappa shape index (κ3) is 1.29. The minimum absolute atomic E-state index is 0.274. The van der Waals surface area contributed by atoms with Gasteiger partial charge in [-0.25, -0.2) is 0 Å². The maximum Gasteiger partial charge on any atom is 0.0448 e. The van der Waals surface area contributed by atoms with Crippen LogP contribution in [0.1, 0.15) is 49.7 Å². The lowest BCUT2D eigenvalue weighted by atomic mass is 9.78. The van der Waals surface area contributed by atoms with Gasteiger partial charge >= 0.3 is 0 Å². The van der Waals surface area contributed by atoms with Crippen molar-refractivity contribution in [1.82, 2.24) is 5.32 Å². The molecule has 0 spiro atoms. The highest BCUT2D eigenvalue weighted by Gasteiger charge is 2.49. The minimum Gasteiger partial charge on any atom is -0.298 e. The van der Waals surface area contributed by atoms with Crippen LogP contribution in [0.15, 0.2) is 30.3 Å². The van der Waals surface area contributed by atoms with Crippen LogP contribution < -0.4 is 5.32 Å². The predicted octanol–water partition coefficient (Wildman–Crippen LogP) is 3.60. The van der Waals surface area contributed by atoms with Crippen LogP contribution in [0.5, 0.6) is 0 Å². The summed E-state index contributed by atoms with van der Waals surface area (Å²) in [4.78, 5) is 0. The Morgan fingerprint density at radius 3 is 2.82 bits per heavy atom. The monoisotopic (exact) mass is 225 g/mol. The number of benzene rings is 1. The van der Waals surface area contributed by atoms with E-state index < -0.39 is 0 Å². The summed E-state index contributed by atoms with van der Waals surface area (Å²) >= 11 is 0. The van der Waals surface area contributed by atoms with E-state index in [1.54, 1.807) is 0 Å². The molecule has 3 aliphatic rings. The Kier molecular flexibility index (Phi) is 1.88. The fourth-order valence-electron chi connectivity index (χ4n) is 4.15. The van der Waals surface area contributed by atoms with E-state index in [0.717, 1.165) is 0 Å². The SMILES string of the molecule is C1=CC23CCCCC(CC2)(N3)c2ccccc21. The molecule has 0 aromatic heterocycles. The summed E-state index contributed by atoms with van der Waals surface area (Å²) < 4.78 is 0. The quantitative estimate of drug-likeness (QED) is 0.711. The van der Waals surface area contributed by atoms with Gasteiger partial charge in [0, 0.05) is 11.1 Å². The Hall–Kier alpha value is -1.08. The zero-order valence-corrected chi connectivity index (χ0v) is 10.2. The first-order valence-electron chi connectivity index (χ1n) is 6.90. The van der Waals surface area contributed by atoms with Gasteiger partial charge in [0.1, 0.15) is 0 Å². The van der Waals surface area contributed by atoms with Crippen molar-refractivity contribution < 1.29 is 0 Å². The van der Waals surface area contributed by atoms with Crippen LogP contribution in [0.25, 0.3) is 6.08 Å². The number of nitrogens with one attached hydrogen (secondary N) is 1. The molecule has 1 N–H and O–H groups in total. The van der Waals surface area contributed by atoms with E-state index in [-0.39, 0.29) is 5.54 Å². The predicted molar refractivity (Wildman–Crippen MR) is 70.7 cm³/mol. The number of fused-ring (bicyclic) bond motifs is 1. The summed E-state index contributed by atoms with van der Waals surface area (Å²) in [6.07, 6.45) is 12.8. The molecule has 2 unspecified atom stereocenters. The first-order valence-corrected chi connectivity index (χ1v) is 6.90. The molecular weight excluding hydrogens is 206 g/mol. The van der Waals surface area contributed by atoms with Crippen LogP contribution in [0.3, 0.4) is 0 Å². The molecule has 4 rings (SSSR count). The lowest BCUT2D eigenvalue weighted by Gasteiger charge is -2.32. The van der Waals surface area contributed by atoms with E-state index in [0.29, 0.717) is 5.54 Å². The van der Waals surface area contributed by atoms with Crippen LogP contribution in [0.2, 0.25) is 0 Å². The average Bonchev–Trinajstić information content (AvgIpc) is 2.54. The Bertz CT molecular complexity index is 490. The Balaban J connectivity index is 1.96. The molecule has 0 radical (unpaired) electrons.